The van der Waals surface area contributed by atoms with Gasteiger partial charge in [0, 0.05) is 6.04 Å². The van der Waals surface area contributed by atoms with E-state index in [0.29, 0.717) is 38.5 Å². The van der Waals surface area contributed by atoms with E-state index < -0.39 is 26.7 Å². The van der Waals surface area contributed by atoms with Crippen LogP contribution in [0.4, 0.5) is 0 Å². The van der Waals surface area contributed by atoms with E-state index in [1.807, 2.05) is 0 Å². The highest BCUT2D eigenvalue weighted by atomic mass is 32.2. The van der Waals surface area contributed by atoms with Crippen LogP contribution in [0.25, 0.3) is 0 Å². The molecule has 0 heterocycles. The second-order valence-electron chi connectivity index (χ2n) is 6.17. The molecule has 0 unspecified atom stereocenters. The van der Waals surface area contributed by atoms with Gasteiger partial charge in [0.15, 0.2) is 0 Å². The number of carboxylic acids is 1. The summed E-state index contributed by atoms with van der Waals surface area (Å²) in [6.45, 7) is 1.92. The number of sulfonamides is 1. The number of carbonyl (C=O) groups excluding carboxylic acids is 1. The highest BCUT2D eigenvalue weighted by Crippen LogP contribution is 2.46. The van der Waals surface area contributed by atoms with Gasteiger partial charge < -0.3 is 9.84 Å². The minimum Gasteiger partial charge on any atom is -0.481 e. The largest absolute Gasteiger partial charge is 0.481 e. The summed E-state index contributed by atoms with van der Waals surface area (Å²) in [5.74, 6) is -1.68. The van der Waals surface area contributed by atoms with Gasteiger partial charge in [-0.05, 0) is 45.4 Å². The van der Waals surface area contributed by atoms with E-state index in [2.05, 4.69) is 4.72 Å². The zero-order chi connectivity index (χ0) is 16.4. The zero-order valence-corrected chi connectivity index (χ0v) is 13.5. The van der Waals surface area contributed by atoms with Crippen LogP contribution in [0.15, 0.2) is 0 Å². The third-order valence-corrected chi connectivity index (χ3v) is 6.88. The molecular weight excluding hydrogens is 310 g/mol. The first-order valence-corrected chi connectivity index (χ1v) is 9.18. The Bertz CT molecular complexity index is 532. The van der Waals surface area contributed by atoms with E-state index in [0.717, 1.165) is 0 Å². The molecular formula is C14H23NO6S. The molecule has 0 aromatic carbocycles. The number of carboxylic acid groups (broad SMARTS) is 1. The van der Waals surface area contributed by atoms with Crippen molar-refractivity contribution in [1.82, 2.24) is 4.72 Å². The minimum absolute atomic E-state index is 0.110. The second kappa shape index (κ2) is 6.54. The lowest BCUT2D eigenvalue weighted by Crippen LogP contribution is -2.45. The van der Waals surface area contributed by atoms with E-state index in [1.165, 1.54) is 0 Å². The fourth-order valence-electron chi connectivity index (χ4n) is 2.96. The van der Waals surface area contributed by atoms with Crippen LogP contribution in [0.2, 0.25) is 0 Å². The minimum atomic E-state index is -3.60. The van der Waals surface area contributed by atoms with Crippen LogP contribution in [0, 0.1) is 5.92 Å². The molecule has 2 N–H and O–H groups in total. The molecule has 0 aromatic heterocycles. The van der Waals surface area contributed by atoms with Gasteiger partial charge >= 0.3 is 11.9 Å². The smallest absolute Gasteiger partial charge is 0.307 e. The molecule has 0 radical (unpaired) electrons. The molecule has 7 nitrogen and oxygen atoms in total. The summed E-state index contributed by atoms with van der Waals surface area (Å²) in [5.41, 5.74) is 0. The second-order valence-corrected chi connectivity index (χ2v) is 8.28. The summed E-state index contributed by atoms with van der Waals surface area (Å²) in [6, 6.07) is -0.236. The summed E-state index contributed by atoms with van der Waals surface area (Å²) in [7, 11) is -3.60. The van der Waals surface area contributed by atoms with Gasteiger partial charge in [0.1, 0.15) is 0 Å². The molecule has 2 saturated carbocycles. The van der Waals surface area contributed by atoms with Gasteiger partial charge in [-0.2, -0.15) is 0 Å². The van der Waals surface area contributed by atoms with Crippen molar-refractivity contribution in [1.29, 1.82) is 0 Å². The van der Waals surface area contributed by atoms with Crippen LogP contribution in [0.1, 0.15) is 51.9 Å². The maximum absolute atomic E-state index is 12.5. The third kappa shape index (κ3) is 3.78. The van der Waals surface area contributed by atoms with E-state index >= 15 is 0 Å². The van der Waals surface area contributed by atoms with Crippen molar-refractivity contribution in [3.8, 4) is 0 Å². The predicted octanol–water partition coefficient (Wildman–Crippen LogP) is 1.03. The van der Waals surface area contributed by atoms with Crippen molar-refractivity contribution in [2.45, 2.75) is 62.7 Å². The number of nitrogens with one attached hydrogen (secondary N) is 1. The molecule has 2 fully saturated rings. The van der Waals surface area contributed by atoms with Gasteiger partial charge in [0.05, 0.1) is 23.7 Å². The lowest BCUT2D eigenvalue weighted by molar-refractivity contribution is -0.144. The lowest BCUT2D eigenvalue weighted by Gasteiger charge is -2.28. The maximum atomic E-state index is 12.5. The number of ether oxygens (including phenoxy) is 1. The van der Waals surface area contributed by atoms with Crippen molar-refractivity contribution in [2.24, 2.45) is 5.92 Å². The Morgan fingerprint density at radius 2 is 1.82 bits per heavy atom. The summed E-state index contributed by atoms with van der Waals surface area (Å²) in [5, 5.41) is 8.96. The number of rotatable bonds is 7. The van der Waals surface area contributed by atoms with E-state index in [1.54, 1.807) is 6.92 Å². The average Bonchev–Trinajstić information content (AvgIpc) is 3.20. The van der Waals surface area contributed by atoms with Crippen LogP contribution in [0.3, 0.4) is 0 Å². The molecule has 2 rings (SSSR count). The number of aliphatic carboxylic acids is 1. The Hall–Kier alpha value is -1.15. The predicted molar refractivity (Wildman–Crippen MR) is 78.7 cm³/mol. The normalized spacial score (nSPS) is 27.1. The first-order chi connectivity index (χ1) is 10.3. The van der Waals surface area contributed by atoms with Gasteiger partial charge in [-0.1, -0.05) is 0 Å². The Kier molecular flexibility index (Phi) is 5.11. The summed E-state index contributed by atoms with van der Waals surface area (Å²) >= 11 is 0. The standard InChI is InChI=1S/C14H23NO6S/c1-2-21-12(16)9-14(7-8-14)22(19,20)15-11-5-3-10(4-6-11)13(17)18/h10-11,15H,2-9H2,1H3,(H,17,18). The zero-order valence-electron chi connectivity index (χ0n) is 12.7. The van der Waals surface area contributed by atoms with Crippen molar-refractivity contribution in [2.75, 3.05) is 6.61 Å². The summed E-state index contributed by atoms with van der Waals surface area (Å²) < 4.78 is 31.5. The molecule has 0 aromatic rings. The van der Waals surface area contributed by atoms with Crippen molar-refractivity contribution in [3.05, 3.63) is 0 Å². The Morgan fingerprint density at radius 3 is 2.27 bits per heavy atom. The first kappa shape index (κ1) is 17.2. The monoisotopic (exact) mass is 333 g/mol. The maximum Gasteiger partial charge on any atom is 0.307 e. The van der Waals surface area contributed by atoms with E-state index in [4.69, 9.17) is 9.84 Å². The molecule has 0 amide bonds. The molecule has 0 saturated heterocycles. The van der Waals surface area contributed by atoms with Crippen LogP contribution in [-0.4, -0.2) is 42.9 Å². The number of hydrogen-bond donors (Lipinski definition) is 2. The van der Waals surface area contributed by atoms with Crippen molar-refractivity contribution >= 4 is 22.0 Å². The molecule has 2 aliphatic carbocycles. The van der Waals surface area contributed by atoms with Gasteiger partial charge in [0.2, 0.25) is 10.0 Å². The van der Waals surface area contributed by atoms with Crippen LogP contribution >= 0.6 is 0 Å². The molecule has 8 heteroatoms. The SMILES string of the molecule is CCOC(=O)CC1(S(=O)(=O)NC2CCC(C(=O)O)CC2)CC1. The first-order valence-electron chi connectivity index (χ1n) is 7.70. The molecule has 0 spiro atoms. The Labute approximate surface area is 130 Å². The quantitative estimate of drug-likeness (QED) is 0.674. The number of hydrogen-bond acceptors (Lipinski definition) is 5. The van der Waals surface area contributed by atoms with Crippen LogP contribution in [-0.2, 0) is 24.3 Å². The lowest BCUT2D eigenvalue weighted by atomic mass is 9.87. The molecule has 0 aliphatic heterocycles. The highest BCUT2D eigenvalue weighted by molar-refractivity contribution is 7.91. The van der Waals surface area contributed by atoms with Gasteiger partial charge in [-0.15, -0.1) is 0 Å². The van der Waals surface area contributed by atoms with Gasteiger partial charge in [-0.25, -0.2) is 13.1 Å². The topological polar surface area (TPSA) is 110 Å². The fraction of sp³-hybridized carbons (Fsp3) is 0.857. The van der Waals surface area contributed by atoms with E-state index in [-0.39, 0.29) is 25.0 Å². The van der Waals surface area contributed by atoms with Crippen LogP contribution < -0.4 is 4.72 Å². The molecule has 22 heavy (non-hydrogen) atoms. The third-order valence-electron chi connectivity index (χ3n) is 4.55. The Morgan fingerprint density at radius 1 is 1.23 bits per heavy atom. The average molecular weight is 333 g/mol. The van der Waals surface area contributed by atoms with Crippen molar-refractivity contribution < 1.29 is 27.9 Å². The molecule has 0 bridgehead atoms. The van der Waals surface area contributed by atoms with Gasteiger partial charge in [0.25, 0.3) is 0 Å². The fourth-order valence-corrected chi connectivity index (χ4v) is 4.83. The van der Waals surface area contributed by atoms with E-state index in [9.17, 15) is 18.0 Å². The molecule has 0 atom stereocenters. The van der Waals surface area contributed by atoms with Crippen molar-refractivity contribution in [3.63, 3.8) is 0 Å². The number of esters is 1. The summed E-state index contributed by atoms with van der Waals surface area (Å²) in [4.78, 5) is 22.5. The van der Waals surface area contributed by atoms with Gasteiger partial charge in [-0.3, -0.25) is 9.59 Å². The molecule has 126 valence electrons. The Balaban J connectivity index is 1.92. The van der Waals surface area contributed by atoms with Crippen LogP contribution in [0.5, 0.6) is 0 Å². The number of carbonyl (C=O) groups is 2. The highest BCUT2D eigenvalue weighted by Gasteiger charge is 2.56. The molecule has 2 aliphatic rings. The summed E-state index contributed by atoms with van der Waals surface area (Å²) in [6.07, 6.45) is 2.82.